The molecular formula is C13H14N4OS. The van der Waals surface area contributed by atoms with Crippen LogP contribution in [0.2, 0.25) is 0 Å². The van der Waals surface area contributed by atoms with Crippen molar-refractivity contribution in [2.24, 2.45) is 0 Å². The molecule has 5 nitrogen and oxygen atoms in total. The molecule has 2 aromatic heterocycles. The van der Waals surface area contributed by atoms with Crippen molar-refractivity contribution in [3.8, 4) is 0 Å². The maximum Gasteiger partial charge on any atom is 0.295 e. The maximum atomic E-state index is 5.83. The zero-order valence-corrected chi connectivity index (χ0v) is 11.3. The quantitative estimate of drug-likeness (QED) is 0.715. The fourth-order valence-electron chi connectivity index (χ4n) is 1.87. The van der Waals surface area contributed by atoms with Gasteiger partial charge < -0.3 is 15.5 Å². The Morgan fingerprint density at radius 2 is 2.26 bits per heavy atom. The van der Waals surface area contributed by atoms with E-state index in [1.54, 1.807) is 11.3 Å². The van der Waals surface area contributed by atoms with E-state index in [1.165, 1.54) is 0 Å². The Bertz CT molecular complexity index is 704. The van der Waals surface area contributed by atoms with Gasteiger partial charge in [-0.2, -0.15) is 4.98 Å². The van der Waals surface area contributed by atoms with Crippen LogP contribution in [0.1, 0.15) is 10.7 Å². The molecule has 0 atom stereocenters. The van der Waals surface area contributed by atoms with Crippen LogP contribution in [0.25, 0.3) is 11.1 Å². The van der Waals surface area contributed by atoms with Crippen LogP contribution in [0, 0.1) is 6.92 Å². The van der Waals surface area contributed by atoms with Gasteiger partial charge in [0.2, 0.25) is 0 Å². The molecule has 0 spiro atoms. The van der Waals surface area contributed by atoms with E-state index in [2.05, 4.69) is 20.7 Å². The number of thiazole rings is 1. The summed E-state index contributed by atoms with van der Waals surface area (Å²) >= 11 is 1.66. The predicted octanol–water partition coefficient (Wildman–Crippen LogP) is 2.83. The first-order valence-electron chi connectivity index (χ1n) is 6.02. The molecule has 3 rings (SSSR count). The fraction of sp³-hybridized carbons (Fsp3) is 0.231. The molecule has 0 aliphatic carbocycles. The van der Waals surface area contributed by atoms with Crippen molar-refractivity contribution >= 4 is 34.1 Å². The first kappa shape index (κ1) is 12.0. The molecule has 0 aliphatic rings. The normalized spacial score (nSPS) is 11.0. The van der Waals surface area contributed by atoms with Gasteiger partial charge in [-0.1, -0.05) is 6.07 Å². The lowest BCUT2D eigenvalue weighted by Crippen LogP contribution is -2.05. The van der Waals surface area contributed by atoms with E-state index in [0.29, 0.717) is 22.8 Å². The summed E-state index contributed by atoms with van der Waals surface area (Å²) < 4.78 is 5.57. The van der Waals surface area contributed by atoms with E-state index in [9.17, 15) is 0 Å². The number of hydrogen-bond donors (Lipinski definition) is 2. The molecule has 6 heteroatoms. The molecule has 0 fully saturated rings. The van der Waals surface area contributed by atoms with Gasteiger partial charge in [0.05, 0.1) is 16.4 Å². The minimum Gasteiger partial charge on any atom is -0.423 e. The summed E-state index contributed by atoms with van der Waals surface area (Å²) in [5.41, 5.74) is 8.95. The van der Waals surface area contributed by atoms with Gasteiger partial charge in [-0.05, 0) is 19.1 Å². The minimum atomic E-state index is 0.500. The molecule has 1 aromatic carbocycles. The summed E-state index contributed by atoms with van der Waals surface area (Å²) in [6.07, 6.45) is 0.846. The molecule has 3 N–H and O–H groups in total. The first-order valence-corrected chi connectivity index (χ1v) is 6.90. The van der Waals surface area contributed by atoms with E-state index in [0.717, 1.165) is 23.7 Å². The topological polar surface area (TPSA) is 77.0 Å². The number of aromatic nitrogens is 2. The number of oxazole rings is 1. The molecule has 0 saturated carbocycles. The van der Waals surface area contributed by atoms with Gasteiger partial charge in [0.1, 0.15) is 5.52 Å². The van der Waals surface area contributed by atoms with Crippen molar-refractivity contribution in [3.63, 3.8) is 0 Å². The number of para-hydroxylation sites is 1. The molecule has 0 bridgehead atoms. The molecule has 98 valence electrons. The Kier molecular flexibility index (Phi) is 3.08. The molecule has 2 heterocycles. The lowest BCUT2D eigenvalue weighted by molar-refractivity contribution is 0.614. The number of rotatable bonds is 4. The SMILES string of the molecule is Cc1nc(CCNc2nc3c(N)cccc3o2)cs1. The Balaban J connectivity index is 1.67. The largest absolute Gasteiger partial charge is 0.423 e. The summed E-state index contributed by atoms with van der Waals surface area (Å²) in [6.45, 7) is 2.74. The van der Waals surface area contributed by atoms with E-state index >= 15 is 0 Å². The lowest BCUT2D eigenvalue weighted by Gasteiger charge is -1.98. The maximum absolute atomic E-state index is 5.83. The van der Waals surface area contributed by atoms with Crippen LogP contribution in [0.5, 0.6) is 0 Å². The Hall–Kier alpha value is -2.08. The summed E-state index contributed by atoms with van der Waals surface area (Å²) in [6, 6.07) is 6.02. The van der Waals surface area contributed by atoms with Crippen LogP contribution in [0.15, 0.2) is 28.0 Å². The third-order valence-electron chi connectivity index (χ3n) is 2.77. The third kappa shape index (κ3) is 2.53. The van der Waals surface area contributed by atoms with Gasteiger partial charge in [0.25, 0.3) is 6.01 Å². The van der Waals surface area contributed by atoms with E-state index in [4.69, 9.17) is 10.2 Å². The highest BCUT2D eigenvalue weighted by atomic mass is 32.1. The molecular weight excluding hydrogens is 260 g/mol. The number of nitrogens with two attached hydrogens (primary N) is 1. The second-order valence-corrected chi connectivity index (χ2v) is 5.31. The number of fused-ring (bicyclic) bond motifs is 1. The highest BCUT2D eigenvalue weighted by Gasteiger charge is 2.07. The standard InChI is InChI=1S/C13H14N4OS/c1-8-16-9(7-19-8)5-6-15-13-17-12-10(14)3-2-4-11(12)18-13/h2-4,7H,5-6,14H2,1H3,(H,15,17). The second-order valence-electron chi connectivity index (χ2n) is 4.25. The van der Waals surface area contributed by atoms with Gasteiger partial charge in [-0.25, -0.2) is 4.98 Å². The first-order chi connectivity index (χ1) is 9.22. The molecule has 0 amide bonds. The van der Waals surface area contributed by atoms with E-state index in [-0.39, 0.29) is 0 Å². The minimum absolute atomic E-state index is 0.500. The van der Waals surface area contributed by atoms with Gasteiger partial charge in [0, 0.05) is 18.3 Å². The average molecular weight is 274 g/mol. The van der Waals surface area contributed by atoms with E-state index < -0.39 is 0 Å². The molecule has 19 heavy (non-hydrogen) atoms. The fourth-order valence-corrected chi connectivity index (χ4v) is 2.51. The number of nitrogens with one attached hydrogen (secondary N) is 1. The zero-order valence-electron chi connectivity index (χ0n) is 10.5. The zero-order chi connectivity index (χ0) is 13.2. The van der Waals surface area contributed by atoms with Crippen molar-refractivity contribution in [1.82, 2.24) is 9.97 Å². The van der Waals surface area contributed by atoms with Crippen LogP contribution in [-0.4, -0.2) is 16.5 Å². The molecule has 3 aromatic rings. The number of nitrogen functional groups attached to an aromatic ring is 1. The van der Waals surface area contributed by atoms with Crippen molar-refractivity contribution < 1.29 is 4.42 Å². The smallest absolute Gasteiger partial charge is 0.295 e. The van der Waals surface area contributed by atoms with Gasteiger partial charge in [-0.3, -0.25) is 0 Å². The predicted molar refractivity (Wildman–Crippen MR) is 77.5 cm³/mol. The number of aryl methyl sites for hydroxylation is 1. The van der Waals surface area contributed by atoms with Crippen LogP contribution in [-0.2, 0) is 6.42 Å². The number of hydrogen-bond acceptors (Lipinski definition) is 6. The number of benzene rings is 1. The summed E-state index contributed by atoms with van der Waals surface area (Å²) in [7, 11) is 0. The van der Waals surface area contributed by atoms with E-state index in [1.807, 2.05) is 25.1 Å². The van der Waals surface area contributed by atoms with Gasteiger partial charge >= 0.3 is 0 Å². The van der Waals surface area contributed by atoms with Crippen LogP contribution >= 0.6 is 11.3 Å². The molecule has 0 radical (unpaired) electrons. The Labute approximate surface area is 114 Å². The average Bonchev–Trinajstić information content (AvgIpc) is 2.97. The highest BCUT2D eigenvalue weighted by molar-refractivity contribution is 7.09. The van der Waals surface area contributed by atoms with Crippen LogP contribution in [0.3, 0.4) is 0 Å². The van der Waals surface area contributed by atoms with Crippen molar-refractivity contribution in [2.75, 3.05) is 17.6 Å². The summed E-state index contributed by atoms with van der Waals surface area (Å²) in [5, 5.41) is 6.31. The summed E-state index contributed by atoms with van der Waals surface area (Å²) in [5.74, 6) is 0. The van der Waals surface area contributed by atoms with Crippen molar-refractivity contribution in [1.29, 1.82) is 0 Å². The van der Waals surface area contributed by atoms with Crippen LogP contribution in [0.4, 0.5) is 11.7 Å². The Morgan fingerprint density at radius 1 is 1.37 bits per heavy atom. The highest BCUT2D eigenvalue weighted by Crippen LogP contribution is 2.23. The van der Waals surface area contributed by atoms with Gasteiger partial charge in [-0.15, -0.1) is 11.3 Å². The molecule has 0 aliphatic heterocycles. The number of anilines is 2. The molecule has 0 unspecified atom stereocenters. The third-order valence-corrected chi connectivity index (χ3v) is 3.60. The monoisotopic (exact) mass is 274 g/mol. The van der Waals surface area contributed by atoms with Gasteiger partial charge in [0.15, 0.2) is 5.58 Å². The second kappa shape index (κ2) is 4.89. The van der Waals surface area contributed by atoms with Crippen molar-refractivity contribution in [2.45, 2.75) is 13.3 Å². The van der Waals surface area contributed by atoms with Crippen LogP contribution < -0.4 is 11.1 Å². The van der Waals surface area contributed by atoms with Crippen molar-refractivity contribution in [3.05, 3.63) is 34.3 Å². The Morgan fingerprint density at radius 3 is 3.00 bits per heavy atom. The lowest BCUT2D eigenvalue weighted by atomic mass is 10.3. The number of nitrogens with zero attached hydrogens (tertiary/aromatic N) is 2. The summed E-state index contributed by atoms with van der Waals surface area (Å²) in [4.78, 5) is 8.73. The molecule has 0 saturated heterocycles.